The van der Waals surface area contributed by atoms with Crippen LogP contribution in [0.15, 0.2) is 65.7 Å². The number of hydrazine groups is 1. The van der Waals surface area contributed by atoms with Crippen LogP contribution >= 0.6 is 0 Å². The maximum Gasteiger partial charge on any atom is 0.326 e. The fraction of sp³-hybridized carbons (Fsp3) is 0.150. The summed E-state index contributed by atoms with van der Waals surface area (Å²) in [5, 5.41) is 0.372. The molecule has 2 aromatic carbocycles. The van der Waals surface area contributed by atoms with Crippen LogP contribution in [0.1, 0.15) is 17.3 Å². The first-order valence-electron chi connectivity index (χ1n) is 8.74. The molecule has 0 radical (unpaired) electrons. The Bertz CT molecular complexity index is 1110. The highest BCUT2D eigenvalue weighted by atomic mass is 16.5. The molecular formula is C20H18N4O5. The Morgan fingerprint density at radius 2 is 1.72 bits per heavy atom. The molecule has 1 heterocycles. The third-order valence-corrected chi connectivity index (χ3v) is 4.04. The number of hydrogen-bond acceptors (Lipinski definition) is 6. The lowest BCUT2D eigenvalue weighted by Crippen LogP contribution is -2.47. The number of rotatable bonds is 5. The number of amides is 2. The molecule has 9 nitrogen and oxygen atoms in total. The summed E-state index contributed by atoms with van der Waals surface area (Å²) >= 11 is 0. The van der Waals surface area contributed by atoms with Gasteiger partial charge in [-0.2, -0.15) is 0 Å². The van der Waals surface area contributed by atoms with Gasteiger partial charge in [0.1, 0.15) is 6.54 Å². The average molecular weight is 394 g/mol. The molecule has 9 heteroatoms. The highest BCUT2D eigenvalue weighted by Crippen LogP contribution is 2.05. The molecule has 29 heavy (non-hydrogen) atoms. The van der Waals surface area contributed by atoms with Crippen LogP contribution in [0.5, 0.6) is 0 Å². The van der Waals surface area contributed by atoms with E-state index >= 15 is 0 Å². The van der Waals surface area contributed by atoms with E-state index in [0.29, 0.717) is 16.5 Å². The molecule has 0 fully saturated rings. The van der Waals surface area contributed by atoms with Gasteiger partial charge < -0.3 is 4.74 Å². The third-order valence-electron chi connectivity index (χ3n) is 4.04. The van der Waals surface area contributed by atoms with Crippen LogP contribution in [0.2, 0.25) is 0 Å². The fourth-order valence-corrected chi connectivity index (χ4v) is 2.53. The molecule has 0 aliphatic rings. The molecule has 1 atom stereocenters. The van der Waals surface area contributed by atoms with Crippen molar-refractivity contribution in [3.8, 4) is 0 Å². The molecule has 0 aliphatic carbocycles. The van der Waals surface area contributed by atoms with Crippen LogP contribution in [-0.4, -0.2) is 33.4 Å². The molecule has 0 saturated carbocycles. The normalized spacial score (nSPS) is 11.5. The number of benzene rings is 2. The van der Waals surface area contributed by atoms with Crippen LogP contribution in [-0.2, 0) is 20.9 Å². The summed E-state index contributed by atoms with van der Waals surface area (Å²) in [5.74, 6) is -2.01. The number of esters is 1. The van der Waals surface area contributed by atoms with Gasteiger partial charge in [-0.3, -0.25) is 34.6 Å². The zero-order valence-corrected chi connectivity index (χ0v) is 15.5. The van der Waals surface area contributed by atoms with Gasteiger partial charge in [0.2, 0.25) is 0 Å². The molecule has 2 N–H and O–H groups in total. The van der Waals surface area contributed by atoms with E-state index in [0.717, 1.165) is 4.57 Å². The Morgan fingerprint density at radius 1 is 1.03 bits per heavy atom. The van der Waals surface area contributed by atoms with E-state index in [1.807, 2.05) is 0 Å². The van der Waals surface area contributed by atoms with E-state index in [-0.39, 0.29) is 5.56 Å². The maximum absolute atomic E-state index is 12.4. The molecule has 0 bridgehead atoms. The first-order chi connectivity index (χ1) is 14.0. The van der Waals surface area contributed by atoms with Crippen LogP contribution in [0.4, 0.5) is 0 Å². The van der Waals surface area contributed by atoms with E-state index in [1.165, 1.54) is 13.3 Å². The number of fused-ring (bicyclic) bond motifs is 1. The number of aromatic nitrogens is 2. The highest BCUT2D eigenvalue weighted by Gasteiger charge is 2.19. The number of carbonyl (C=O) groups excluding carboxylic acids is 3. The van der Waals surface area contributed by atoms with Crippen molar-refractivity contribution in [2.75, 3.05) is 0 Å². The number of carbonyl (C=O) groups is 3. The predicted molar refractivity (Wildman–Crippen MR) is 104 cm³/mol. The Balaban J connectivity index is 1.55. The van der Waals surface area contributed by atoms with Gasteiger partial charge in [-0.15, -0.1) is 0 Å². The first kappa shape index (κ1) is 19.7. The first-order valence-corrected chi connectivity index (χ1v) is 8.74. The number of nitrogens with one attached hydrogen (secondary N) is 2. The SMILES string of the molecule is C[C@@H](OC(=O)Cn1cnc2ccccc2c1=O)C(=O)NNC(=O)c1ccccc1. The van der Waals surface area contributed by atoms with Crippen molar-refractivity contribution in [2.24, 2.45) is 0 Å². The van der Waals surface area contributed by atoms with Crippen molar-refractivity contribution in [3.05, 3.63) is 76.8 Å². The lowest BCUT2D eigenvalue weighted by Gasteiger charge is -2.14. The van der Waals surface area contributed by atoms with Gasteiger partial charge in [0.05, 0.1) is 17.2 Å². The monoisotopic (exact) mass is 394 g/mol. The van der Waals surface area contributed by atoms with Crippen LogP contribution < -0.4 is 16.4 Å². The summed E-state index contributed by atoms with van der Waals surface area (Å²) in [4.78, 5) is 52.5. The maximum atomic E-state index is 12.4. The van der Waals surface area contributed by atoms with Gasteiger partial charge in [0.25, 0.3) is 17.4 Å². The van der Waals surface area contributed by atoms with E-state index in [2.05, 4.69) is 15.8 Å². The minimum Gasteiger partial charge on any atom is -0.451 e. The van der Waals surface area contributed by atoms with Gasteiger partial charge in [-0.05, 0) is 31.2 Å². The van der Waals surface area contributed by atoms with E-state index < -0.39 is 30.4 Å². The minimum absolute atomic E-state index is 0.362. The number of para-hydroxylation sites is 1. The standard InChI is InChI=1S/C20H18N4O5/c1-13(18(26)22-23-19(27)14-7-3-2-4-8-14)29-17(25)11-24-12-21-16-10-6-5-9-15(16)20(24)28/h2-10,12-13H,11H2,1H3,(H,22,26)(H,23,27)/t13-/m1/s1. The molecule has 2 amide bonds. The average Bonchev–Trinajstić information content (AvgIpc) is 2.74. The topological polar surface area (TPSA) is 119 Å². The predicted octanol–water partition coefficient (Wildman–Crippen LogP) is 0.789. The van der Waals surface area contributed by atoms with Crippen molar-refractivity contribution in [2.45, 2.75) is 19.6 Å². The van der Waals surface area contributed by atoms with E-state index in [9.17, 15) is 19.2 Å². The second-order valence-electron chi connectivity index (χ2n) is 6.14. The van der Waals surface area contributed by atoms with Gasteiger partial charge in [-0.25, -0.2) is 4.98 Å². The van der Waals surface area contributed by atoms with Crippen LogP contribution in [0.25, 0.3) is 10.9 Å². The number of nitrogens with zero attached hydrogens (tertiary/aromatic N) is 2. The molecule has 0 saturated heterocycles. The lowest BCUT2D eigenvalue weighted by atomic mass is 10.2. The highest BCUT2D eigenvalue weighted by molar-refractivity contribution is 5.95. The minimum atomic E-state index is -1.18. The van der Waals surface area contributed by atoms with Gasteiger partial charge in [-0.1, -0.05) is 30.3 Å². The molecule has 0 aliphatic heterocycles. The summed E-state index contributed by atoms with van der Waals surface area (Å²) in [5.41, 5.74) is 4.92. The number of hydrogen-bond donors (Lipinski definition) is 2. The molecule has 0 unspecified atom stereocenters. The van der Waals surface area contributed by atoms with Crippen LogP contribution in [0.3, 0.4) is 0 Å². The van der Waals surface area contributed by atoms with Crippen molar-refractivity contribution < 1.29 is 19.1 Å². The summed E-state index contributed by atoms with van der Waals surface area (Å²) in [6.45, 7) is 0.952. The second kappa shape index (κ2) is 8.79. The zero-order chi connectivity index (χ0) is 20.8. The van der Waals surface area contributed by atoms with Crippen molar-refractivity contribution in [1.29, 1.82) is 0 Å². The molecule has 0 spiro atoms. The number of ether oxygens (including phenoxy) is 1. The Kier molecular flexibility index (Phi) is 5.98. The van der Waals surface area contributed by atoms with Crippen molar-refractivity contribution in [1.82, 2.24) is 20.4 Å². The summed E-state index contributed by atoms with van der Waals surface area (Å²) in [7, 11) is 0. The van der Waals surface area contributed by atoms with Gasteiger partial charge in [0.15, 0.2) is 6.10 Å². The molecule has 1 aromatic heterocycles. The van der Waals surface area contributed by atoms with E-state index in [1.54, 1.807) is 54.6 Å². The smallest absolute Gasteiger partial charge is 0.326 e. The largest absolute Gasteiger partial charge is 0.451 e. The zero-order valence-electron chi connectivity index (χ0n) is 15.5. The molecular weight excluding hydrogens is 376 g/mol. The van der Waals surface area contributed by atoms with Gasteiger partial charge in [0, 0.05) is 5.56 Å². The fourth-order valence-electron chi connectivity index (χ4n) is 2.53. The molecule has 3 aromatic rings. The lowest BCUT2D eigenvalue weighted by molar-refractivity contribution is -0.155. The quantitative estimate of drug-likeness (QED) is 0.488. The molecule has 148 valence electrons. The third kappa shape index (κ3) is 4.83. The Morgan fingerprint density at radius 3 is 2.48 bits per heavy atom. The Labute approximate surface area is 165 Å². The van der Waals surface area contributed by atoms with Crippen molar-refractivity contribution >= 4 is 28.7 Å². The Hall–Kier alpha value is -4.01. The summed E-state index contributed by atoms with van der Waals surface area (Å²) in [6, 6.07) is 15.0. The molecule has 3 rings (SSSR count). The van der Waals surface area contributed by atoms with Crippen LogP contribution in [0, 0.1) is 0 Å². The van der Waals surface area contributed by atoms with Crippen molar-refractivity contribution in [3.63, 3.8) is 0 Å². The second-order valence-corrected chi connectivity index (χ2v) is 6.14. The van der Waals surface area contributed by atoms with Gasteiger partial charge >= 0.3 is 5.97 Å². The summed E-state index contributed by atoms with van der Waals surface area (Å²) < 4.78 is 6.14. The van der Waals surface area contributed by atoms with E-state index in [4.69, 9.17) is 4.74 Å². The summed E-state index contributed by atoms with van der Waals surface area (Å²) in [6.07, 6.45) is 0.0687.